The standard InChI is InChI=1S/C15H21N7O/c23-15(18-9-13-4-7-16-11-19-13)14-10-22(21-20-14)8-5-12-3-1-2-6-17-12/h4,7,10-12,17H,1-3,5-6,8-9H2,(H,18,23). The van der Waals surface area contributed by atoms with Crippen LogP contribution < -0.4 is 10.6 Å². The van der Waals surface area contributed by atoms with Crippen molar-refractivity contribution >= 4 is 5.91 Å². The molecule has 8 heteroatoms. The molecule has 1 atom stereocenters. The maximum Gasteiger partial charge on any atom is 0.273 e. The highest BCUT2D eigenvalue weighted by Gasteiger charge is 2.14. The van der Waals surface area contributed by atoms with E-state index in [0.29, 0.717) is 18.3 Å². The summed E-state index contributed by atoms with van der Waals surface area (Å²) in [6, 6.07) is 2.30. The SMILES string of the molecule is O=C(NCc1ccncn1)c1cn(CCC2CCCCN2)nn1. The van der Waals surface area contributed by atoms with Crippen molar-refractivity contribution in [1.82, 2.24) is 35.6 Å². The maximum absolute atomic E-state index is 12.1. The molecule has 0 aliphatic carbocycles. The Morgan fingerprint density at radius 2 is 2.39 bits per heavy atom. The summed E-state index contributed by atoms with van der Waals surface area (Å²) in [7, 11) is 0. The molecule has 0 aromatic carbocycles. The summed E-state index contributed by atoms with van der Waals surface area (Å²) in [6.45, 7) is 2.21. The van der Waals surface area contributed by atoms with E-state index < -0.39 is 0 Å². The summed E-state index contributed by atoms with van der Waals surface area (Å²) < 4.78 is 1.73. The minimum Gasteiger partial charge on any atom is -0.345 e. The molecule has 1 aliphatic rings. The van der Waals surface area contributed by atoms with Crippen LogP contribution in [0, 0.1) is 0 Å². The lowest BCUT2D eigenvalue weighted by Crippen LogP contribution is -2.34. The van der Waals surface area contributed by atoms with E-state index in [1.54, 1.807) is 23.1 Å². The lowest BCUT2D eigenvalue weighted by Gasteiger charge is -2.23. The van der Waals surface area contributed by atoms with Crippen LogP contribution in [0.2, 0.25) is 0 Å². The van der Waals surface area contributed by atoms with Crippen LogP contribution in [0.25, 0.3) is 0 Å². The van der Waals surface area contributed by atoms with Crippen molar-refractivity contribution in [3.05, 3.63) is 36.2 Å². The third kappa shape index (κ3) is 4.56. The van der Waals surface area contributed by atoms with Crippen molar-refractivity contribution in [2.75, 3.05) is 6.54 Å². The molecule has 3 rings (SSSR count). The number of rotatable bonds is 6. The minimum absolute atomic E-state index is 0.245. The van der Waals surface area contributed by atoms with E-state index in [4.69, 9.17) is 0 Å². The van der Waals surface area contributed by atoms with Gasteiger partial charge in [0.05, 0.1) is 18.4 Å². The van der Waals surface area contributed by atoms with Gasteiger partial charge >= 0.3 is 0 Å². The van der Waals surface area contributed by atoms with Crippen LogP contribution in [-0.4, -0.2) is 43.5 Å². The van der Waals surface area contributed by atoms with Gasteiger partial charge in [0.1, 0.15) is 6.33 Å². The summed E-state index contributed by atoms with van der Waals surface area (Å²) in [5.41, 5.74) is 1.08. The van der Waals surface area contributed by atoms with Crippen LogP contribution in [0.3, 0.4) is 0 Å². The van der Waals surface area contributed by atoms with Gasteiger partial charge in [0.25, 0.3) is 5.91 Å². The van der Waals surface area contributed by atoms with E-state index in [-0.39, 0.29) is 5.91 Å². The number of amides is 1. The van der Waals surface area contributed by atoms with E-state index in [2.05, 4.69) is 30.9 Å². The third-order valence-corrected chi connectivity index (χ3v) is 3.96. The second-order valence-electron chi connectivity index (χ2n) is 5.69. The number of nitrogens with one attached hydrogen (secondary N) is 2. The summed E-state index contributed by atoms with van der Waals surface area (Å²) in [5, 5.41) is 14.3. The molecule has 1 aliphatic heterocycles. The highest BCUT2D eigenvalue weighted by Crippen LogP contribution is 2.10. The molecule has 1 unspecified atom stereocenters. The minimum atomic E-state index is -0.245. The summed E-state index contributed by atoms with van der Waals surface area (Å²) >= 11 is 0. The van der Waals surface area contributed by atoms with Crippen molar-refractivity contribution < 1.29 is 4.79 Å². The van der Waals surface area contributed by atoms with Gasteiger partial charge in [0.15, 0.2) is 5.69 Å². The number of aromatic nitrogens is 5. The molecular weight excluding hydrogens is 294 g/mol. The van der Waals surface area contributed by atoms with Crippen molar-refractivity contribution in [2.45, 2.75) is 44.8 Å². The molecule has 1 fully saturated rings. The molecule has 8 nitrogen and oxygen atoms in total. The molecule has 0 radical (unpaired) electrons. The first-order chi connectivity index (χ1) is 11.3. The molecule has 23 heavy (non-hydrogen) atoms. The van der Waals surface area contributed by atoms with Crippen LogP contribution in [0.15, 0.2) is 24.8 Å². The Hall–Kier alpha value is -2.35. The average molecular weight is 315 g/mol. The number of carbonyl (C=O) groups excluding carboxylic acids is 1. The number of piperidine rings is 1. The fraction of sp³-hybridized carbons (Fsp3) is 0.533. The molecule has 3 heterocycles. The molecule has 0 saturated carbocycles. The van der Waals surface area contributed by atoms with E-state index in [1.807, 2.05) is 0 Å². The number of hydrogen-bond acceptors (Lipinski definition) is 6. The zero-order valence-electron chi connectivity index (χ0n) is 13.0. The molecular formula is C15H21N7O. The summed E-state index contributed by atoms with van der Waals surface area (Å²) in [6.07, 6.45) is 9.55. The van der Waals surface area contributed by atoms with Gasteiger partial charge in [0, 0.05) is 18.8 Å². The fourth-order valence-corrected chi connectivity index (χ4v) is 2.65. The van der Waals surface area contributed by atoms with E-state index >= 15 is 0 Å². The lowest BCUT2D eigenvalue weighted by atomic mass is 10.0. The van der Waals surface area contributed by atoms with Crippen LogP contribution in [-0.2, 0) is 13.1 Å². The maximum atomic E-state index is 12.1. The van der Waals surface area contributed by atoms with Crippen molar-refractivity contribution in [3.8, 4) is 0 Å². The number of hydrogen-bond donors (Lipinski definition) is 2. The van der Waals surface area contributed by atoms with E-state index in [9.17, 15) is 4.79 Å². The molecule has 1 saturated heterocycles. The fourth-order valence-electron chi connectivity index (χ4n) is 2.65. The zero-order valence-corrected chi connectivity index (χ0v) is 13.0. The van der Waals surface area contributed by atoms with Crippen molar-refractivity contribution in [3.63, 3.8) is 0 Å². The Morgan fingerprint density at radius 3 is 3.17 bits per heavy atom. The predicted molar refractivity (Wildman–Crippen MR) is 83.5 cm³/mol. The Morgan fingerprint density at radius 1 is 1.43 bits per heavy atom. The smallest absolute Gasteiger partial charge is 0.273 e. The lowest BCUT2D eigenvalue weighted by molar-refractivity contribution is 0.0945. The van der Waals surface area contributed by atoms with E-state index in [1.165, 1.54) is 25.6 Å². The van der Waals surface area contributed by atoms with Crippen molar-refractivity contribution in [1.29, 1.82) is 0 Å². The first kappa shape index (κ1) is 15.5. The van der Waals surface area contributed by atoms with Crippen LogP contribution in [0.5, 0.6) is 0 Å². The van der Waals surface area contributed by atoms with Gasteiger partial charge in [-0.25, -0.2) is 9.97 Å². The Balaban J connectivity index is 1.47. The molecule has 2 aromatic rings. The highest BCUT2D eigenvalue weighted by atomic mass is 16.2. The Labute approximate surface area is 134 Å². The molecule has 1 amide bonds. The largest absolute Gasteiger partial charge is 0.345 e. The normalized spacial score (nSPS) is 17.8. The summed E-state index contributed by atoms with van der Waals surface area (Å²) in [5.74, 6) is -0.245. The third-order valence-electron chi connectivity index (χ3n) is 3.96. The average Bonchev–Trinajstić information content (AvgIpc) is 3.09. The van der Waals surface area contributed by atoms with Crippen LogP contribution in [0.1, 0.15) is 41.9 Å². The monoisotopic (exact) mass is 315 g/mol. The molecule has 122 valence electrons. The Kier molecular flexibility index (Phi) is 5.25. The van der Waals surface area contributed by atoms with Gasteiger partial charge < -0.3 is 10.6 Å². The van der Waals surface area contributed by atoms with Gasteiger partial charge in [-0.2, -0.15) is 0 Å². The summed E-state index contributed by atoms with van der Waals surface area (Å²) in [4.78, 5) is 19.9. The number of aryl methyl sites for hydroxylation is 1. The van der Waals surface area contributed by atoms with Gasteiger partial charge in [-0.3, -0.25) is 9.48 Å². The van der Waals surface area contributed by atoms with Crippen molar-refractivity contribution in [2.24, 2.45) is 0 Å². The van der Waals surface area contributed by atoms with Gasteiger partial charge in [-0.05, 0) is 31.9 Å². The van der Waals surface area contributed by atoms with E-state index in [0.717, 1.165) is 25.2 Å². The molecule has 0 spiro atoms. The van der Waals surface area contributed by atoms with Gasteiger partial charge in [-0.15, -0.1) is 5.10 Å². The molecule has 2 aromatic heterocycles. The quantitative estimate of drug-likeness (QED) is 0.807. The zero-order chi connectivity index (χ0) is 15.9. The first-order valence-electron chi connectivity index (χ1n) is 7.98. The Bertz CT molecular complexity index is 622. The molecule has 0 bridgehead atoms. The molecule has 2 N–H and O–H groups in total. The first-order valence-corrected chi connectivity index (χ1v) is 7.98. The topological polar surface area (TPSA) is 97.6 Å². The second kappa shape index (κ2) is 7.77. The van der Waals surface area contributed by atoms with Gasteiger partial charge in [-0.1, -0.05) is 11.6 Å². The van der Waals surface area contributed by atoms with Crippen LogP contribution >= 0.6 is 0 Å². The number of carbonyl (C=O) groups is 1. The van der Waals surface area contributed by atoms with Gasteiger partial charge in [0.2, 0.25) is 0 Å². The predicted octanol–water partition coefficient (Wildman–Crippen LogP) is 0.530. The second-order valence-corrected chi connectivity index (χ2v) is 5.69. The van der Waals surface area contributed by atoms with Crippen LogP contribution in [0.4, 0.5) is 0 Å². The number of nitrogens with zero attached hydrogens (tertiary/aromatic N) is 5. The highest BCUT2D eigenvalue weighted by molar-refractivity contribution is 5.91.